The monoisotopic (exact) mass is 457 g/mol. The molecule has 0 aliphatic rings. The molecule has 0 radical (unpaired) electrons. The molecule has 0 aliphatic heterocycles. The third-order valence-electron chi connectivity index (χ3n) is 3.49. The largest absolute Gasteiger partial charge is 0.484 e. The lowest BCUT2D eigenvalue weighted by Crippen LogP contribution is -2.14. The first-order valence-electron chi connectivity index (χ1n) is 8.00. The molecule has 2 aromatic carbocycles. The number of aromatic nitrogens is 2. The number of anilines is 1. The summed E-state index contributed by atoms with van der Waals surface area (Å²) in [6, 6.07) is 10.3. The van der Waals surface area contributed by atoms with E-state index in [9.17, 15) is 4.79 Å². The van der Waals surface area contributed by atoms with Crippen LogP contribution in [0.4, 0.5) is 5.69 Å². The van der Waals surface area contributed by atoms with Gasteiger partial charge in [-0.3, -0.25) is 4.79 Å². The number of thioether (sulfide) groups is 1. The van der Waals surface area contributed by atoms with Gasteiger partial charge in [0.15, 0.2) is 6.61 Å². The molecule has 6 nitrogen and oxygen atoms in total. The summed E-state index contributed by atoms with van der Waals surface area (Å²) in [5, 5.41) is 12.0. The smallest absolute Gasteiger partial charge is 0.277 e. The number of nitrogens with zero attached hydrogens (tertiary/aromatic N) is 2. The highest BCUT2D eigenvalue weighted by Crippen LogP contribution is 2.30. The van der Waals surface area contributed by atoms with E-state index in [2.05, 4.69) is 15.5 Å². The molecule has 0 aliphatic carbocycles. The molecule has 0 saturated heterocycles. The standard InChI is InChI=1S/C18H14Cl3N3O3S/c1-10-7-11(19)5-6-14(10)26-8-16-23-24-18(27-16)28-9-15(25)22-13-4-2-3-12(20)17(13)21/h2-7H,8-9H2,1H3,(H,22,25). The van der Waals surface area contributed by atoms with Crippen LogP contribution >= 0.6 is 46.6 Å². The summed E-state index contributed by atoms with van der Waals surface area (Å²) in [6.45, 7) is 2.00. The van der Waals surface area contributed by atoms with Crippen molar-refractivity contribution in [3.05, 3.63) is 62.9 Å². The minimum absolute atomic E-state index is 0.0711. The van der Waals surface area contributed by atoms with Crippen molar-refractivity contribution < 1.29 is 13.9 Å². The maximum Gasteiger partial charge on any atom is 0.277 e. The molecule has 0 spiro atoms. The molecule has 1 aromatic heterocycles. The number of ether oxygens (including phenoxy) is 1. The van der Waals surface area contributed by atoms with Gasteiger partial charge in [0, 0.05) is 5.02 Å². The second-order valence-electron chi connectivity index (χ2n) is 5.60. The van der Waals surface area contributed by atoms with Gasteiger partial charge in [-0.25, -0.2) is 0 Å². The minimum Gasteiger partial charge on any atom is -0.484 e. The second-order valence-corrected chi connectivity index (χ2v) is 7.75. The van der Waals surface area contributed by atoms with Gasteiger partial charge in [-0.15, -0.1) is 10.2 Å². The first-order chi connectivity index (χ1) is 13.4. The average molecular weight is 459 g/mol. The van der Waals surface area contributed by atoms with Gasteiger partial charge in [0.2, 0.25) is 5.91 Å². The average Bonchev–Trinajstić information content (AvgIpc) is 3.11. The molecule has 0 fully saturated rings. The first kappa shape index (κ1) is 20.8. The molecule has 10 heteroatoms. The maximum atomic E-state index is 12.1. The van der Waals surface area contributed by atoms with Crippen LogP contribution in [-0.4, -0.2) is 21.9 Å². The Hall–Kier alpha value is -1.93. The number of aryl methyl sites for hydroxylation is 1. The fourth-order valence-corrected chi connectivity index (χ4v) is 3.34. The third kappa shape index (κ3) is 5.54. The summed E-state index contributed by atoms with van der Waals surface area (Å²) in [7, 11) is 0. The molecule has 0 unspecified atom stereocenters. The SMILES string of the molecule is Cc1cc(Cl)ccc1OCc1nnc(SCC(=O)Nc2cccc(Cl)c2Cl)o1. The fraction of sp³-hybridized carbons (Fsp3) is 0.167. The van der Waals surface area contributed by atoms with Crippen LogP contribution in [-0.2, 0) is 11.4 Å². The Morgan fingerprint density at radius 3 is 2.82 bits per heavy atom. The van der Waals surface area contributed by atoms with Crippen molar-refractivity contribution in [3.63, 3.8) is 0 Å². The maximum absolute atomic E-state index is 12.1. The zero-order valence-electron chi connectivity index (χ0n) is 14.5. The Morgan fingerprint density at radius 1 is 1.21 bits per heavy atom. The zero-order valence-corrected chi connectivity index (χ0v) is 17.6. The topological polar surface area (TPSA) is 77.2 Å². The summed E-state index contributed by atoms with van der Waals surface area (Å²) in [5.74, 6) is 0.772. The van der Waals surface area contributed by atoms with Gasteiger partial charge in [0.05, 0.1) is 21.5 Å². The highest BCUT2D eigenvalue weighted by atomic mass is 35.5. The van der Waals surface area contributed by atoms with E-state index in [-0.39, 0.29) is 28.5 Å². The lowest BCUT2D eigenvalue weighted by Gasteiger charge is -2.07. The number of hydrogen-bond acceptors (Lipinski definition) is 6. The van der Waals surface area contributed by atoms with Gasteiger partial charge in [-0.1, -0.05) is 52.6 Å². The van der Waals surface area contributed by atoms with Crippen LogP contribution < -0.4 is 10.1 Å². The minimum atomic E-state index is -0.276. The summed E-state index contributed by atoms with van der Waals surface area (Å²) in [6.07, 6.45) is 0. The van der Waals surface area contributed by atoms with Crippen molar-refractivity contribution in [1.82, 2.24) is 10.2 Å². The van der Waals surface area contributed by atoms with Crippen LogP contribution in [0.1, 0.15) is 11.5 Å². The Bertz CT molecular complexity index is 997. The van der Waals surface area contributed by atoms with Crippen LogP contribution in [0, 0.1) is 6.92 Å². The third-order valence-corrected chi connectivity index (χ3v) is 5.36. The van der Waals surface area contributed by atoms with Gasteiger partial charge < -0.3 is 14.5 Å². The molecule has 3 rings (SSSR count). The molecule has 28 heavy (non-hydrogen) atoms. The predicted molar refractivity (Wildman–Crippen MR) is 111 cm³/mol. The number of nitrogens with one attached hydrogen (secondary N) is 1. The quantitative estimate of drug-likeness (QED) is 0.461. The van der Waals surface area contributed by atoms with Crippen molar-refractivity contribution in [2.75, 3.05) is 11.1 Å². The van der Waals surface area contributed by atoms with E-state index >= 15 is 0 Å². The van der Waals surface area contributed by atoms with Gasteiger partial charge in [0.1, 0.15) is 5.75 Å². The molecule has 1 N–H and O–H groups in total. The molecule has 146 valence electrons. The van der Waals surface area contributed by atoms with Crippen LogP contribution in [0.25, 0.3) is 0 Å². The Morgan fingerprint density at radius 2 is 2.04 bits per heavy atom. The number of carbonyl (C=O) groups is 1. The predicted octanol–water partition coefficient (Wildman–Crippen LogP) is 5.65. The Labute approximate surface area is 180 Å². The summed E-state index contributed by atoms with van der Waals surface area (Å²) >= 11 is 19.0. The van der Waals surface area contributed by atoms with Crippen molar-refractivity contribution in [1.29, 1.82) is 0 Å². The van der Waals surface area contributed by atoms with E-state index < -0.39 is 0 Å². The molecular formula is C18H14Cl3N3O3S. The van der Waals surface area contributed by atoms with Crippen LogP contribution in [0.5, 0.6) is 5.75 Å². The summed E-state index contributed by atoms with van der Waals surface area (Å²) in [5.41, 5.74) is 1.34. The lowest BCUT2D eigenvalue weighted by molar-refractivity contribution is -0.113. The van der Waals surface area contributed by atoms with Crippen LogP contribution in [0.3, 0.4) is 0 Å². The number of carbonyl (C=O) groups excluding carboxylic acids is 1. The number of rotatable bonds is 7. The molecule has 0 bridgehead atoms. The van der Waals surface area contributed by atoms with Crippen LogP contribution in [0.2, 0.25) is 15.1 Å². The van der Waals surface area contributed by atoms with Crippen molar-refractivity contribution >= 4 is 58.2 Å². The number of benzene rings is 2. The van der Waals surface area contributed by atoms with Gasteiger partial charge >= 0.3 is 0 Å². The van der Waals surface area contributed by atoms with E-state index in [1.54, 1.807) is 36.4 Å². The summed E-state index contributed by atoms with van der Waals surface area (Å²) in [4.78, 5) is 12.1. The van der Waals surface area contributed by atoms with E-state index in [4.69, 9.17) is 44.0 Å². The normalized spacial score (nSPS) is 10.7. The first-order valence-corrected chi connectivity index (χ1v) is 10.1. The van der Waals surface area contributed by atoms with Crippen molar-refractivity contribution in [2.24, 2.45) is 0 Å². The molecule has 0 atom stereocenters. The fourth-order valence-electron chi connectivity index (χ4n) is 2.18. The highest BCUT2D eigenvalue weighted by molar-refractivity contribution is 7.99. The lowest BCUT2D eigenvalue weighted by atomic mass is 10.2. The van der Waals surface area contributed by atoms with Crippen LogP contribution in [0.15, 0.2) is 46.0 Å². The number of hydrogen-bond donors (Lipinski definition) is 1. The Balaban J connectivity index is 1.50. The highest BCUT2D eigenvalue weighted by Gasteiger charge is 2.13. The summed E-state index contributed by atoms with van der Waals surface area (Å²) < 4.78 is 11.1. The van der Waals surface area contributed by atoms with Crippen molar-refractivity contribution in [3.8, 4) is 5.75 Å². The van der Waals surface area contributed by atoms with E-state index in [1.165, 1.54) is 0 Å². The molecular weight excluding hydrogens is 445 g/mol. The number of amides is 1. The van der Waals surface area contributed by atoms with Crippen molar-refractivity contribution in [2.45, 2.75) is 18.8 Å². The number of halogens is 3. The van der Waals surface area contributed by atoms with Gasteiger partial charge in [-0.05, 0) is 42.8 Å². The molecule has 3 aromatic rings. The second kappa shape index (κ2) is 9.52. The van der Waals surface area contributed by atoms with E-state index in [0.717, 1.165) is 17.3 Å². The molecule has 0 saturated carbocycles. The molecule has 1 heterocycles. The van der Waals surface area contributed by atoms with E-state index in [1.807, 2.05) is 6.92 Å². The van der Waals surface area contributed by atoms with Gasteiger partial charge in [0.25, 0.3) is 11.1 Å². The zero-order chi connectivity index (χ0) is 20.1. The Kier molecular flexibility index (Phi) is 7.07. The van der Waals surface area contributed by atoms with E-state index in [0.29, 0.717) is 27.4 Å². The van der Waals surface area contributed by atoms with Gasteiger partial charge in [-0.2, -0.15) is 0 Å². The molecule has 1 amide bonds.